The lowest BCUT2D eigenvalue weighted by molar-refractivity contribution is 0.270. The summed E-state index contributed by atoms with van der Waals surface area (Å²) in [5, 5.41) is 22.3. The van der Waals surface area contributed by atoms with Crippen LogP contribution in [0.1, 0.15) is 24.0 Å². The smallest absolute Gasteiger partial charge is 0.427 e. The Kier molecular flexibility index (Phi) is 6.19. The molecule has 1 unspecified atom stereocenters. The molecular weight excluding hydrogens is 324 g/mol. The average molecular weight is 352 g/mol. The van der Waals surface area contributed by atoms with E-state index in [1.165, 1.54) is 11.1 Å². The van der Waals surface area contributed by atoms with Crippen molar-refractivity contribution in [1.29, 1.82) is 0 Å². The number of nitrogens with zero attached hydrogens (tertiary/aromatic N) is 1. The molecule has 3 rings (SSSR count). The lowest BCUT2D eigenvalue weighted by Crippen LogP contribution is -2.44. The molecule has 5 N–H and O–H groups in total. The number of halogens is 1. The highest BCUT2D eigenvalue weighted by Crippen LogP contribution is 2.24. The van der Waals surface area contributed by atoms with Crippen molar-refractivity contribution in [2.45, 2.75) is 44.2 Å². The van der Waals surface area contributed by atoms with E-state index in [9.17, 15) is 0 Å². The van der Waals surface area contributed by atoms with Gasteiger partial charge in [0, 0.05) is 43.3 Å². The van der Waals surface area contributed by atoms with Gasteiger partial charge >= 0.3 is 7.12 Å². The largest absolute Gasteiger partial charge is 0.451 e. The molecule has 0 bridgehead atoms. The van der Waals surface area contributed by atoms with E-state index >= 15 is 0 Å². The van der Waals surface area contributed by atoms with E-state index in [0.717, 1.165) is 50.5 Å². The van der Waals surface area contributed by atoms with E-state index in [1.807, 2.05) is 6.07 Å². The summed E-state index contributed by atoms with van der Waals surface area (Å²) in [6, 6.07) is 6.81. The maximum absolute atomic E-state index is 8.96. The Morgan fingerprint density at radius 3 is 2.92 bits per heavy atom. The Morgan fingerprint density at radius 2 is 2.12 bits per heavy atom. The van der Waals surface area contributed by atoms with Crippen molar-refractivity contribution >= 4 is 18.7 Å². The van der Waals surface area contributed by atoms with Crippen LogP contribution in [0.5, 0.6) is 0 Å². The number of rotatable bonds is 6. The van der Waals surface area contributed by atoms with Gasteiger partial charge in [0.2, 0.25) is 0 Å². The summed E-state index contributed by atoms with van der Waals surface area (Å²) in [5.74, 6) is 0.457. The summed E-state index contributed by atoms with van der Waals surface area (Å²) < 4.78 is 0. The molecule has 1 aromatic carbocycles. The average Bonchev–Trinajstić information content (AvgIpc) is 2.87. The molecule has 132 valence electrons. The van der Waals surface area contributed by atoms with Gasteiger partial charge in [-0.1, -0.05) is 24.1 Å². The maximum Gasteiger partial charge on any atom is 0.451 e. The van der Waals surface area contributed by atoms with Gasteiger partial charge < -0.3 is 21.1 Å². The minimum atomic E-state index is -1.20. The minimum Gasteiger partial charge on any atom is -0.427 e. The molecule has 7 heteroatoms. The summed E-state index contributed by atoms with van der Waals surface area (Å²) >= 11 is 6.06. The van der Waals surface area contributed by atoms with Crippen LogP contribution in [-0.2, 0) is 13.0 Å². The van der Waals surface area contributed by atoms with Crippen LogP contribution >= 0.6 is 11.6 Å². The van der Waals surface area contributed by atoms with Crippen molar-refractivity contribution in [1.82, 2.24) is 10.2 Å². The highest BCUT2D eigenvalue weighted by molar-refractivity contribution is 6.40. The van der Waals surface area contributed by atoms with E-state index in [-0.39, 0.29) is 6.04 Å². The molecule has 1 aromatic rings. The monoisotopic (exact) mass is 351 g/mol. The second kappa shape index (κ2) is 8.17. The van der Waals surface area contributed by atoms with Gasteiger partial charge in [0.15, 0.2) is 0 Å². The second-order valence-corrected chi connectivity index (χ2v) is 7.69. The standard InChI is InChI=1S/C17H27BClN3O2/c19-15-4-3-12-7-16(21-8-14(12)6-15)10-22-9-13(17(20)11-22)2-1-5-18(23)24/h3-4,6,13,16-17,21,23-24H,1-2,5,7-11,20H2/t13-,16?,17-/m0/s1. The van der Waals surface area contributed by atoms with Crippen LogP contribution in [0, 0.1) is 5.92 Å². The number of hydrogen-bond acceptors (Lipinski definition) is 5. The molecule has 1 fully saturated rings. The number of hydrogen-bond donors (Lipinski definition) is 4. The molecule has 24 heavy (non-hydrogen) atoms. The van der Waals surface area contributed by atoms with Crippen LogP contribution in [-0.4, -0.2) is 53.8 Å². The maximum atomic E-state index is 8.96. The van der Waals surface area contributed by atoms with Crippen molar-refractivity contribution in [3.05, 3.63) is 34.3 Å². The van der Waals surface area contributed by atoms with Crippen molar-refractivity contribution in [3.8, 4) is 0 Å². The highest BCUT2D eigenvalue weighted by Gasteiger charge is 2.31. The number of likely N-dealkylation sites (tertiary alicyclic amines) is 1. The predicted molar refractivity (Wildman–Crippen MR) is 97.9 cm³/mol. The van der Waals surface area contributed by atoms with Gasteiger partial charge in [-0.05, 0) is 48.3 Å². The molecule has 0 aliphatic carbocycles. The van der Waals surface area contributed by atoms with Crippen LogP contribution in [0.4, 0.5) is 0 Å². The molecule has 5 nitrogen and oxygen atoms in total. The minimum absolute atomic E-state index is 0.190. The quantitative estimate of drug-likeness (QED) is 0.572. The number of benzene rings is 1. The lowest BCUT2D eigenvalue weighted by Gasteiger charge is -2.30. The Morgan fingerprint density at radius 1 is 1.29 bits per heavy atom. The Bertz CT molecular complexity index is 561. The summed E-state index contributed by atoms with van der Waals surface area (Å²) in [4.78, 5) is 2.45. The van der Waals surface area contributed by atoms with Crippen LogP contribution < -0.4 is 11.1 Å². The van der Waals surface area contributed by atoms with Crippen LogP contribution in [0.25, 0.3) is 0 Å². The van der Waals surface area contributed by atoms with Crippen molar-refractivity contribution in [2.75, 3.05) is 19.6 Å². The fourth-order valence-electron chi connectivity index (χ4n) is 4.00. The topological polar surface area (TPSA) is 81.8 Å². The van der Waals surface area contributed by atoms with Gasteiger partial charge in [-0.3, -0.25) is 4.90 Å². The zero-order chi connectivity index (χ0) is 17.1. The van der Waals surface area contributed by atoms with Gasteiger partial charge in [0.25, 0.3) is 0 Å². The first-order chi connectivity index (χ1) is 11.5. The SMILES string of the molecule is N[C@H]1CN(CC2Cc3ccc(Cl)cc3CN2)C[C@@H]1CCCB(O)O. The van der Waals surface area contributed by atoms with Gasteiger partial charge in [0.05, 0.1) is 0 Å². The third kappa shape index (κ3) is 4.72. The van der Waals surface area contributed by atoms with E-state index < -0.39 is 7.12 Å². The second-order valence-electron chi connectivity index (χ2n) is 7.25. The van der Waals surface area contributed by atoms with Gasteiger partial charge in [-0.15, -0.1) is 0 Å². The lowest BCUT2D eigenvalue weighted by atomic mass is 9.82. The number of nitrogens with two attached hydrogens (primary N) is 1. The van der Waals surface area contributed by atoms with E-state index in [2.05, 4.69) is 22.3 Å². The number of nitrogens with one attached hydrogen (secondary N) is 1. The third-order valence-corrected chi connectivity index (χ3v) is 5.53. The first-order valence-electron chi connectivity index (χ1n) is 8.86. The fourth-order valence-corrected chi connectivity index (χ4v) is 4.19. The highest BCUT2D eigenvalue weighted by atomic mass is 35.5. The van der Waals surface area contributed by atoms with Crippen LogP contribution in [0.2, 0.25) is 11.3 Å². The van der Waals surface area contributed by atoms with Gasteiger partial charge in [-0.2, -0.15) is 0 Å². The van der Waals surface area contributed by atoms with Gasteiger partial charge in [0.1, 0.15) is 0 Å². The Labute approximate surface area is 149 Å². The molecular formula is C17H27BClN3O2. The summed E-state index contributed by atoms with van der Waals surface area (Å²) in [7, 11) is -1.20. The normalized spacial score (nSPS) is 27.2. The molecule has 0 aromatic heterocycles. The third-order valence-electron chi connectivity index (χ3n) is 5.30. The molecule has 0 saturated carbocycles. The Hall–Kier alpha value is -0.625. The van der Waals surface area contributed by atoms with E-state index in [1.54, 1.807) is 0 Å². The molecule has 1 saturated heterocycles. The molecule has 2 heterocycles. The molecule has 3 atom stereocenters. The summed E-state index contributed by atoms with van der Waals surface area (Å²) in [6.45, 7) is 3.82. The van der Waals surface area contributed by atoms with E-state index in [4.69, 9.17) is 27.4 Å². The molecule has 0 spiro atoms. The Balaban J connectivity index is 1.48. The summed E-state index contributed by atoms with van der Waals surface area (Å²) in [6.07, 6.45) is 3.25. The van der Waals surface area contributed by atoms with Crippen LogP contribution in [0.3, 0.4) is 0 Å². The number of fused-ring (bicyclic) bond motifs is 1. The first-order valence-corrected chi connectivity index (χ1v) is 9.24. The van der Waals surface area contributed by atoms with Crippen molar-refractivity contribution < 1.29 is 10.0 Å². The molecule has 2 aliphatic rings. The molecule has 2 aliphatic heterocycles. The zero-order valence-corrected chi connectivity index (χ0v) is 14.8. The molecule has 0 amide bonds. The fraction of sp³-hybridized carbons (Fsp3) is 0.647. The first kappa shape index (κ1) is 18.2. The van der Waals surface area contributed by atoms with Crippen molar-refractivity contribution in [3.63, 3.8) is 0 Å². The predicted octanol–water partition coefficient (Wildman–Crippen LogP) is 0.866. The van der Waals surface area contributed by atoms with Gasteiger partial charge in [-0.25, -0.2) is 0 Å². The van der Waals surface area contributed by atoms with Crippen LogP contribution in [0.15, 0.2) is 18.2 Å². The van der Waals surface area contributed by atoms with E-state index in [0.29, 0.717) is 18.3 Å². The van der Waals surface area contributed by atoms with Crippen molar-refractivity contribution in [2.24, 2.45) is 11.7 Å². The zero-order valence-electron chi connectivity index (χ0n) is 14.0. The molecule has 0 radical (unpaired) electrons. The summed E-state index contributed by atoms with van der Waals surface area (Å²) in [5.41, 5.74) is 8.97.